The molecule has 0 spiro atoms. The summed E-state index contributed by atoms with van der Waals surface area (Å²) in [5, 5.41) is 8.47. The molecule has 0 atom stereocenters. The van der Waals surface area contributed by atoms with Gasteiger partial charge < -0.3 is 5.11 Å². The number of carbonyl (C=O) groups excluding carboxylic acids is 1. The zero-order valence-corrected chi connectivity index (χ0v) is 14.3. The van der Waals surface area contributed by atoms with E-state index >= 15 is 0 Å². The maximum absolute atomic E-state index is 11.4. The third kappa shape index (κ3) is 18.1. The highest BCUT2D eigenvalue weighted by atomic mass is 16.4. The Morgan fingerprint density at radius 2 is 1.61 bits per heavy atom. The lowest BCUT2D eigenvalue weighted by molar-refractivity contribution is -0.137. The largest absolute Gasteiger partial charge is 0.481 e. The Kier molecular flexibility index (Phi) is 15.2. The van der Waals surface area contributed by atoms with Crippen LogP contribution in [0.5, 0.6) is 0 Å². The minimum absolute atomic E-state index is 0.0404. The quantitative estimate of drug-likeness (QED) is 0.202. The van der Waals surface area contributed by atoms with Crippen LogP contribution in [-0.2, 0) is 9.59 Å². The van der Waals surface area contributed by atoms with Crippen LogP contribution in [0.4, 0.5) is 0 Å². The smallest absolute Gasteiger partial charge is 0.303 e. The van der Waals surface area contributed by atoms with E-state index in [1.165, 1.54) is 44.6 Å². The minimum Gasteiger partial charge on any atom is -0.481 e. The molecule has 23 heavy (non-hydrogen) atoms. The molecule has 0 aromatic heterocycles. The Morgan fingerprint density at radius 3 is 2.35 bits per heavy atom. The van der Waals surface area contributed by atoms with E-state index in [-0.39, 0.29) is 18.6 Å². The Morgan fingerprint density at radius 1 is 0.913 bits per heavy atom. The van der Waals surface area contributed by atoms with Crippen molar-refractivity contribution >= 4 is 11.8 Å². The molecule has 3 heteroatoms. The molecular formula is C20H30O3. The van der Waals surface area contributed by atoms with E-state index in [0.717, 1.165) is 6.42 Å². The molecule has 0 aliphatic rings. The first-order chi connectivity index (χ1) is 11.2. The molecule has 1 N–H and O–H groups in total. The van der Waals surface area contributed by atoms with E-state index in [2.05, 4.69) is 18.7 Å². The number of aliphatic carboxylic acids is 1. The summed E-state index contributed by atoms with van der Waals surface area (Å²) in [5.41, 5.74) is 2.96. The van der Waals surface area contributed by atoms with Crippen LogP contribution >= 0.6 is 0 Å². The summed E-state index contributed by atoms with van der Waals surface area (Å²) >= 11 is 0. The monoisotopic (exact) mass is 318 g/mol. The van der Waals surface area contributed by atoms with Gasteiger partial charge in [-0.2, -0.15) is 0 Å². The Bertz CT molecular complexity index is 438. The summed E-state index contributed by atoms with van der Waals surface area (Å²) < 4.78 is 0. The third-order valence-electron chi connectivity index (χ3n) is 3.34. The number of unbranched alkanes of at least 4 members (excludes halogenated alkanes) is 6. The Labute approximate surface area is 140 Å². The van der Waals surface area contributed by atoms with Crippen LogP contribution in [0.25, 0.3) is 0 Å². The molecule has 0 radical (unpaired) electrons. The Hall–Kier alpha value is -1.86. The van der Waals surface area contributed by atoms with Crippen molar-refractivity contribution in [2.45, 2.75) is 71.1 Å². The first kappa shape index (κ1) is 21.1. The SMILES string of the molecule is CCCCCCCCC=CC=C=CC=CC(=O)CCCC(=O)O. The number of ketones is 1. The summed E-state index contributed by atoms with van der Waals surface area (Å²) in [5.74, 6) is -0.916. The van der Waals surface area contributed by atoms with Crippen LogP contribution in [0.3, 0.4) is 0 Å². The average Bonchev–Trinajstić information content (AvgIpc) is 2.51. The molecule has 0 fully saturated rings. The van der Waals surface area contributed by atoms with Gasteiger partial charge in [-0.1, -0.05) is 57.3 Å². The van der Waals surface area contributed by atoms with Gasteiger partial charge in [0.25, 0.3) is 0 Å². The summed E-state index contributed by atoms with van der Waals surface area (Å²) in [4.78, 5) is 21.7. The van der Waals surface area contributed by atoms with E-state index in [4.69, 9.17) is 5.11 Å². The number of carboxylic acid groups (broad SMARTS) is 1. The van der Waals surface area contributed by atoms with Crippen LogP contribution in [0.2, 0.25) is 0 Å². The standard InChI is InChI=1S/C20H30O3/c1-2-3-4-5-6-7-8-9-10-11-12-13-14-16-19(21)17-15-18-20(22)23/h9-11,13-14,16H,2-8,15,17-18H2,1H3,(H,22,23). The van der Waals surface area contributed by atoms with Crippen LogP contribution in [0.15, 0.2) is 42.2 Å². The van der Waals surface area contributed by atoms with E-state index < -0.39 is 5.97 Å². The summed E-state index contributed by atoms with van der Waals surface area (Å²) in [7, 11) is 0. The van der Waals surface area contributed by atoms with Gasteiger partial charge in [0, 0.05) is 12.8 Å². The molecule has 0 amide bonds. The number of carboxylic acids is 1. The van der Waals surface area contributed by atoms with Crippen molar-refractivity contribution in [3.8, 4) is 0 Å². The molecule has 0 aromatic rings. The van der Waals surface area contributed by atoms with Crippen LogP contribution in [0, 0.1) is 0 Å². The minimum atomic E-state index is -0.864. The van der Waals surface area contributed by atoms with Gasteiger partial charge in [-0.3, -0.25) is 9.59 Å². The van der Waals surface area contributed by atoms with Crippen LogP contribution in [0.1, 0.15) is 71.1 Å². The van der Waals surface area contributed by atoms with Crippen molar-refractivity contribution < 1.29 is 14.7 Å². The molecule has 0 saturated heterocycles. The molecule has 0 aliphatic carbocycles. The van der Waals surface area contributed by atoms with E-state index in [1.54, 1.807) is 12.2 Å². The van der Waals surface area contributed by atoms with Gasteiger partial charge in [0.15, 0.2) is 5.78 Å². The summed E-state index contributed by atoms with van der Waals surface area (Å²) in [6, 6.07) is 0. The highest BCUT2D eigenvalue weighted by Crippen LogP contribution is 2.07. The van der Waals surface area contributed by atoms with Crippen molar-refractivity contribution in [3.63, 3.8) is 0 Å². The molecule has 0 bridgehead atoms. The molecule has 0 aromatic carbocycles. The van der Waals surface area contributed by atoms with Crippen LogP contribution < -0.4 is 0 Å². The molecule has 0 saturated carbocycles. The van der Waals surface area contributed by atoms with Crippen LogP contribution in [-0.4, -0.2) is 16.9 Å². The van der Waals surface area contributed by atoms with Crippen molar-refractivity contribution in [1.82, 2.24) is 0 Å². The zero-order chi connectivity index (χ0) is 17.2. The lowest BCUT2D eigenvalue weighted by atomic mass is 10.1. The number of hydrogen-bond acceptors (Lipinski definition) is 2. The molecule has 128 valence electrons. The fraction of sp³-hybridized carbons (Fsp3) is 0.550. The number of hydrogen-bond donors (Lipinski definition) is 1. The summed E-state index contributed by atoms with van der Waals surface area (Å²) in [6.07, 6.45) is 20.4. The lowest BCUT2D eigenvalue weighted by Gasteiger charge is -1.96. The number of allylic oxidation sites excluding steroid dienone is 5. The maximum Gasteiger partial charge on any atom is 0.303 e. The third-order valence-corrected chi connectivity index (χ3v) is 3.34. The van der Waals surface area contributed by atoms with Gasteiger partial charge in [-0.15, -0.1) is 5.73 Å². The molecular weight excluding hydrogens is 288 g/mol. The maximum atomic E-state index is 11.4. The lowest BCUT2D eigenvalue weighted by Crippen LogP contribution is -1.97. The van der Waals surface area contributed by atoms with Gasteiger partial charge in [0.1, 0.15) is 0 Å². The number of rotatable bonds is 14. The topological polar surface area (TPSA) is 54.4 Å². The van der Waals surface area contributed by atoms with Crippen molar-refractivity contribution in [3.05, 3.63) is 42.2 Å². The van der Waals surface area contributed by atoms with E-state index in [9.17, 15) is 9.59 Å². The molecule has 0 heterocycles. The van der Waals surface area contributed by atoms with Gasteiger partial charge in [-0.25, -0.2) is 0 Å². The predicted octanol–water partition coefficient (Wildman–Crippen LogP) is 5.38. The highest BCUT2D eigenvalue weighted by molar-refractivity contribution is 5.90. The van der Waals surface area contributed by atoms with Gasteiger partial charge >= 0.3 is 5.97 Å². The van der Waals surface area contributed by atoms with Gasteiger partial charge in [0.2, 0.25) is 0 Å². The average molecular weight is 318 g/mol. The highest BCUT2D eigenvalue weighted by Gasteiger charge is 1.99. The molecule has 0 aliphatic heterocycles. The second kappa shape index (κ2) is 16.5. The zero-order valence-electron chi connectivity index (χ0n) is 14.3. The molecule has 0 rings (SSSR count). The summed E-state index contributed by atoms with van der Waals surface area (Å²) in [6.45, 7) is 2.23. The second-order valence-electron chi connectivity index (χ2n) is 5.56. The fourth-order valence-electron chi connectivity index (χ4n) is 2.03. The van der Waals surface area contributed by atoms with Crippen molar-refractivity contribution in [2.75, 3.05) is 0 Å². The van der Waals surface area contributed by atoms with Gasteiger partial charge in [-0.05, 0) is 37.5 Å². The van der Waals surface area contributed by atoms with Crippen molar-refractivity contribution in [2.24, 2.45) is 0 Å². The van der Waals surface area contributed by atoms with Crippen molar-refractivity contribution in [1.29, 1.82) is 0 Å². The van der Waals surface area contributed by atoms with Gasteiger partial charge in [0.05, 0.1) is 0 Å². The van der Waals surface area contributed by atoms with E-state index in [1.807, 2.05) is 12.2 Å². The molecule has 0 unspecified atom stereocenters. The first-order valence-corrected chi connectivity index (χ1v) is 8.65. The second-order valence-corrected chi connectivity index (χ2v) is 5.56. The fourth-order valence-corrected chi connectivity index (χ4v) is 2.03. The molecule has 3 nitrogen and oxygen atoms in total. The first-order valence-electron chi connectivity index (χ1n) is 8.65. The number of carbonyl (C=O) groups is 2. The normalized spacial score (nSPS) is 10.8. The predicted molar refractivity (Wildman–Crippen MR) is 95.4 cm³/mol. The Balaban J connectivity index is 3.67. The van der Waals surface area contributed by atoms with E-state index in [0.29, 0.717) is 6.42 Å².